The van der Waals surface area contributed by atoms with E-state index in [1.54, 1.807) is 0 Å². The molecule has 0 spiro atoms. The second-order valence-electron chi connectivity index (χ2n) is 4.31. The summed E-state index contributed by atoms with van der Waals surface area (Å²) in [5, 5.41) is 3.32. The summed E-state index contributed by atoms with van der Waals surface area (Å²) in [5.41, 5.74) is 8.16. The highest BCUT2D eigenvalue weighted by atomic mass is 127. The van der Waals surface area contributed by atoms with E-state index in [9.17, 15) is 0 Å². The maximum absolute atomic E-state index is 5.89. The highest BCUT2D eigenvalue weighted by molar-refractivity contribution is 14.1. The van der Waals surface area contributed by atoms with E-state index in [2.05, 4.69) is 53.0 Å². The summed E-state index contributed by atoms with van der Waals surface area (Å²) < 4.78 is 1.28. The van der Waals surface area contributed by atoms with Gasteiger partial charge in [-0.05, 0) is 61.1 Å². The standard InChI is InChI=1S/C11H17IN2.ClH/c1-8-4-5-9(6-10(8)12)14-7-11(2,3)13;/h4-6,14H,7,13H2,1-3H3;1H. The van der Waals surface area contributed by atoms with Gasteiger partial charge in [-0.25, -0.2) is 0 Å². The van der Waals surface area contributed by atoms with Crippen molar-refractivity contribution >= 4 is 40.7 Å². The number of rotatable bonds is 3. The molecule has 1 aromatic carbocycles. The molecule has 0 aliphatic heterocycles. The van der Waals surface area contributed by atoms with Gasteiger partial charge in [-0.2, -0.15) is 0 Å². The summed E-state index contributed by atoms with van der Waals surface area (Å²) in [6.45, 7) is 6.92. The summed E-state index contributed by atoms with van der Waals surface area (Å²) in [4.78, 5) is 0. The third-order valence-electron chi connectivity index (χ3n) is 1.92. The summed E-state index contributed by atoms with van der Waals surface area (Å²) in [6, 6.07) is 6.35. The number of benzene rings is 1. The van der Waals surface area contributed by atoms with Crippen LogP contribution >= 0.6 is 35.0 Å². The molecule has 3 N–H and O–H groups in total. The molecular formula is C11H18ClIN2. The highest BCUT2D eigenvalue weighted by Crippen LogP contribution is 2.17. The van der Waals surface area contributed by atoms with Gasteiger partial charge >= 0.3 is 0 Å². The zero-order chi connectivity index (χ0) is 10.8. The van der Waals surface area contributed by atoms with Gasteiger partial charge in [0.2, 0.25) is 0 Å². The lowest BCUT2D eigenvalue weighted by atomic mass is 10.1. The summed E-state index contributed by atoms with van der Waals surface area (Å²) in [7, 11) is 0. The lowest BCUT2D eigenvalue weighted by Crippen LogP contribution is -2.39. The normalized spacial score (nSPS) is 10.7. The van der Waals surface area contributed by atoms with Gasteiger partial charge in [-0.1, -0.05) is 6.07 Å². The van der Waals surface area contributed by atoms with E-state index in [0.717, 1.165) is 12.2 Å². The quantitative estimate of drug-likeness (QED) is 0.830. The van der Waals surface area contributed by atoms with Crippen LogP contribution in [0.1, 0.15) is 19.4 Å². The Morgan fingerprint density at radius 1 is 1.40 bits per heavy atom. The molecule has 0 fully saturated rings. The van der Waals surface area contributed by atoms with E-state index >= 15 is 0 Å². The summed E-state index contributed by atoms with van der Waals surface area (Å²) >= 11 is 2.34. The maximum atomic E-state index is 5.89. The molecule has 0 heterocycles. The van der Waals surface area contributed by atoms with Crippen LogP contribution < -0.4 is 11.1 Å². The van der Waals surface area contributed by atoms with Crippen molar-refractivity contribution in [1.29, 1.82) is 0 Å². The molecule has 0 radical (unpaired) electrons. The summed E-state index contributed by atoms with van der Waals surface area (Å²) in [5.74, 6) is 0. The Labute approximate surface area is 112 Å². The topological polar surface area (TPSA) is 38.0 Å². The highest BCUT2D eigenvalue weighted by Gasteiger charge is 2.09. The average Bonchev–Trinajstić information content (AvgIpc) is 2.06. The molecule has 0 aromatic heterocycles. The molecule has 15 heavy (non-hydrogen) atoms. The van der Waals surface area contributed by atoms with Gasteiger partial charge in [0.25, 0.3) is 0 Å². The smallest absolute Gasteiger partial charge is 0.0351 e. The molecule has 86 valence electrons. The first kappa shape index (κ1) is 15.0. The molecule has 0 aliphatic carbocycles. The number of nitrogens with two attached hydrogens (primary N) is 1. The maximum Gasteiger partial charge on any atom is 0.0351 e. The van der Waals surface area contributed by atoms with Crippen molar-refractivity contribution in [3.05, 3.63) is 27.3 Å². The molecule has 0 atom stereocenters. The average molecular weight is 341 g/mol. The van der Waals surface area contributed by atoms with Crippen molar-refractivity contribution in [1.82, 2.24) is 0 Å². The summed E-state index contributed by atoms with van der Waals surface area (Å²) in [6.07, 6.45) is 0. The molecule has 4 heteroatoms. The van der Waals surface area contributed by atoms with Crippen LogP contribution in [-0.4, -0.2) is 12.1 Å². The SMILES string of the molecule is Cc1ccc(NCC(C)(C)N)cc1I.Cl. The first-order valence-electron chi connectivity index (χ1n) is 4.67. The molecule has 1 aromatic rings. The zero-order valence-corrected chi connectivity index (χ0v) is 12.3. The van der Waals surface area contributed by atoms with Crippen LogP contribution in [0.25, 0.3) is 0 Å². The second kappa shape index (κ2) is 5.92. The number of aryl methyl sites for hydroxylation is 1. The Balaban J connectivity index is 0.00000196. The van der Waals surface area contributed by atoms with Crippen LogP contribution in [0.2, 0.25) is 0 Å². The van der Waals surface area contributed by atoms with Crippen molar-refractivity contribution in [2.24, 2.45) is 5.73 Å². The van der Waals surface area contributed by atoms with E-state index in [4.69, 9.17) is 5.73 Å². The minimum Gasteiger partial charge on any atom is -0.383 e. The number of anilines is 1. The molecule has 0 saturated carbocycles. The number of hydrogen-bond acceptors (Lipinski definition) is 2. The lowest BCUT2D eigenvalue weighted by molar-refractivity contribution is 0.549. The molecule has 0 saturated heterocycles. The number of halogens is 2. The van der Waals surface area contributed by atoms with Crippen LogP contribution in [-0.2, 0) is 0 Å². The molecule has 0 amide bonds. The van der Waals surface area contributed by atoms with Crippen LogP contribution in [0, 0.1) is 10.5 Å². The zero-order valence-electron chi connectivity index (χ0n) is 9.30. The molecular weight excluding hydrogens is 322 g/mol. The van der Waals surface area contributed by atoms with E-state index < -0.39 is 0 Å². The minimum absolute atomic E-state index is 0. The van der Waals surface area contributed by atoms with E-state index in [-0.39, 0.29) is 17.9 Å². The lowest BCUT2D eigenvalue weighted by Gasteiger charge is -2.20. The fraction of sp³-hybridized carbons (Fsp3) is 0.455. The Kier molecular flexibility index (Phi) is 5.92. The minimum atomic E-state index is -0.170. The number of nitrogens with one attached hydrogen (secondary N) is 1. The predicted octanol–water partition coefficient (Wildman–Crippen LogP) is 3.17. The molecule has 0 unspecified atom stereocenters. The van der Waals surface area contributed by atoms with Gasteiger partial charge in [0.15, 0.2) is 0 Å². The van der Waals surface area contributed by atoms with Gasteiger partial charge < -0.3 is 11.1 Å². The molecule has 1 rings (SSSR count). The van der Waals surface area contributed by atoms with Crippen LogP contribution in [0.15, 0.2) is 18.2 Å². The van der Waals surface area contributed by atoms with Crippen molar-refractivity contribution in [3.8, 4) is 0 Å². The van der Waals surface area contributed by atoms with Gasteiger partial charge in [0, 0.05) is 21.3 Å². The van der Waals surface area contributed by atoms with Gasteiger partial charge in [0.1, 0.15) is 0 Å². The van der Waals surface area contributed by atoms with Crippen molar-refractivity contribution in [3.63, 3.8) is 0 Å². The largest absolute Gasteiger partial charge is 0.383 e. The van der Waals surface area contributed by atoms with Crippen molar-refractivity contribution in [2.45, 2.75) is 26.3 Å². The first-order valence-corrected chi connectivity index (χ1v) is 5.75. The Bertz CT molecular complexity index is 321. The second-order valence-corrected chi connectivity index (χ2v) is 5.47. The molecule has 0 bridgehead atoms. The molecule has 2 nitrogen and oxygen atoms in total. The van der Waals surface area contributed by atoms with Gasteiger partial charge in [-0.3, -0.25) is 0 Å². The third kappa shape index (κ3) is 5.58. The fourth-order valence-corrected chi connectivity index (χ4v) is 1.55. The Morgan fingerprint density at radius 3 is 2.47 bits per heavy atom. The van der Waals surface area contributed by atoms with Gasteiger partial charge in [0.05, 0.1) is 0 Å². The van der Waals surface area contributed by atoms with Gasteiger partial charge in [-0.15, -0.1) is 12.4 Å². The Morgan fingerprint density at radius 2 is 2.00 bits per heavy atom. The number of hydrogen-bond donors (Lipinski definition) is 2. The predicted molar refractivity (Wildman–Crippen MR) is 77.9 cm³/mol. The van der Waals surface area contributed by atoms with Crippen molar-refractivity contribution in [2.75, 3.05) is 11.9 Å². The monoisotopic (exact) mass is 340 g/mol. The van der Waals surface area contributed by atoms with E-state index in [0.29, 0.717) is 0 Å². The first-order chi connectivity index (χ1) is 6.38. The fourth-order valence-electron chi connectivity index (χ4n) is 1.03. The molecule has 0 aliphatic rings. The van der Waals surface area contributed by atoms with E-state index in [1.165, 1.54) is 9.13 Å². The van der Waals surface area contributed by atoms with Crippen LogP contribution in [0.5, 0.6) is 0 Å². The van der Waals surface area contributed by atoms with E-state index in [1.807, 2.05) is 13.8 Å². The Hall–Kier alpha value is -0.0000000000000000555. The third-order valence-corrected chi connectivity index (χ3v) is 3.08. The van der Waals surface area contributed by atoms with Crippen molar-refractivity contribution < 1.29 is 0 Å². The van der Waals surface area contributed by atoms with Crippen LogP contribution in [0.3, 0.4) is 0 Å². The van der Waals surface area contributed by atoms with Crippen LogP contribution in [0.4, 0.5) is 5.69 Å².